The molecule has 1 heterocycles. The van der Waals surface area contributed by atoms with Gasteiger partial charge in [0.2, 0.25) is 0 Å². The van der Waals surface area contributed by atoms with Crippen LogP contribution >= 0.6 is 33.9 Å². The lowest BCUT2D eigenvalue weighted by atomic mass is 10.2. The summed E-state index contributed by atoms with van der Waals surface area (Å²) in [6.07, 6.45) is 0. The van der Waals surface area contributed by atoms with Gasteiger partial charge in [-0.1, -0.05) is 12.1 Å². The third-order valence-electron chi connectivity index (χ3n) is 2.19. The number of carbonyl (C=O) groups excluding carboxylic acids is 1. The number of hydrogen-bond donors (Lipinski definition) is 1. The Labute approximate surface area is 117 Å². The molecule has 17 heavy (non-hydrogen) atoms. The molecular formula is C12H11IN2OS. The molecule has 0 bridgehead atoms. The maximum atomic E-state index is 11.9. The van der Waals surface area contributed by atoms with Gasteiger partial charge in [0, 0.05) is 14.6 Å². The lowest BCUT2D eigenvalue weighted by Gasteiger charge is -2.04. The number of aromatic nitrogens is 1. The zero-order valence-electron chi connectivity index (χ0n) is 9.24. The molecule has 2 rings (SSSR count). The van der Waals surface area contributed by atoms with E-state index in [2.05, 4.69) is 32.9 Å². The molecule has 0 atom stereocenters. The summed E-state index contributed by atoms with van der Waals surface area (Å²) in [5.74, 6) is -0.0529. The minimum absolute atomic E-state index is 0.0529. The van der Waals surface area contributed by atoms with E-state index < -0.39 is 0 Å². The smallest absolute Gasteiger partial charge is 0.252 e. The van der Waals surface area contributed by atoms with Gasteiger partial charge < -0.3 is 5.32 Å². The third-order valence-corrected chi connectivity index (χ3v) is 4.09. The number of hydrogen-bond acceptors (Lipinski definition) is 3. The highest BCUT2D eigenvalue weighted by Gasteiger charge is 2.09. The molecule has 1 aromatic heterocycles. The fraction of sp³-hybridized carbons (Fsp3) is 0.167. The molecule has 1 N–H and O–H groups in total. The van der Waals surface area contributed by atoms with Crippen LogP contribution in [0, 0.1) is 10.5 Å². The monoisotopic (exact) mass is 358 g/mol. The quantitative estimate of drug-likeness (QED) is 0.858. The van der Waals surface area contributed by atoms with Crippen molar-refractivity contribution < 1.29 is 4.79 Å². The molecule has 0 saturated heterocycles. The molecule has 1 aromatic carbocycles. The van der Waals surface area contributed by atoms with E-state index in [-0.39, 0.29) is 5.91 Å². The maximum absolute atomic E-state index is 11.9. The minimum Gasteiger partial charge on any atom is -0.345 e. The fourth-order valence-electron chi connectivity index (χ4n) is 1.38. The van der Waals surface area contributed by atoms with Crippen LogP contribution in [-0.2, 0) is 6.54 Å². The first-order valence-corrected chi connectivity index (χ1v) is 7.06. The highest BCUT2D eigenvalue weighted by atomic mass is 127. The van der Waals surface area contributed by atoms with Crippen LogP contribution in [0.4, 0.5) is 0 Å². The highest BCUT2D eigenvalue weighted by molar-refractivity contribution is 14.1. The summed E-state index contributed by atoms with van der Waals surface area (Å²) in [6, 6.07) is 7.53. The molecule has 0 radical (unpaired) electrons. The molecule has 0 unspecified atom stereocenters. The van der Waals surface area contributed by atoms with Crippen molar-refractivity contribution in [2.45, 2.75) is 13.5 Å². The van der Waals surface area contributed by atoms with Gasteiger partial charge in [-0.05, 0) is 41.6 Å². The predicted molar refractivity (Wildman–Crippen MR) is 77.2 cm³/mol. The Kier molecular flexibility index (Phi) is 4.11. The van der Waals surface area contributed by atoms with E-state index in [9.17, 15) is 4.79 Å². The Morgan fingerprint density at radius 2 is 2.24 bits per heavy atom. The van der Waals surface area contributed by atoms with Crippen molar-refractivity contribution in [3.05, 3.63) is 49.5 Å². The number of rotatable bonds is 3. The number of carbonyl (C=O) groups is 1. The number of aryl methyl sites for hydroxylation is 1. The van der Waals surface area contributed by atoms with Crippen LogP contribution in [-0.4, -0.2) is 10.9 Å². The van der Waals surface area contributed by atoms with Crippen molar-refractivity contribution >= 4 is 39.8 Å². The maximum Gasteiger partial charge on any atom is 0.252 e. The minimum atomic E-state index is -0.0529. The highest BCUT2D eigenvalue weighted by Crippen LogP contribution is 2.12. The Hall–Kier alpha value is -0.950. The SMILES string of the molecule is Cc1csc(CNC(=O)c2ccccc2I)n1. The van der Waals surface area contributed by atoms with Crippen LogP contribution in [0.2, 0.25) is 0 Å². The van der Waals surface area contributed by atoms with Gasteiger partial charge in [-0.2, -0.15) is 0 Å². The zero-order valence-corrected chi connectivity index (χ0v) is 12.2. The Morgan fingerprint density at radius 1 is 1.47 bits per heavy atom. The third kappa shape index (κ3) is 3.26. The normalized spacial score (nSPS) is 10.2. The summed E-state index contributed by atoms with van der Waals surface area (Å²) in [5.41, 5.74) is 1.70. The van der Waals surface area contributed by atoms with Crippen LogP contribution in [0.3, 0.4) is 0 Å². The first kappa shape index (κ1) is 12.5. The molecule has 2 aromatic rings. The number of halogens is 1. The molecular weight excluding hydrogens is 347 g/mol. The van der Waals surface area contributed by atoms with Crippen LogP contribution in [0.1, 0.15) is 21.1 Å². The summed E-state index contributed by atoms with van der Waals surface area (Å²) < 4.78 is 0.956. The molecule has 0 spiro atoms. The molecule has 0 aliphatic heterocycles. The van der Waals surface area contributed by atoms with Gasteiger partial charge in [0.25, 0.3) is 5.91 Å². The first-order chi connectivity index (χ1) is 8.16. The van der Waals surface area contributed by atoms with Gasteiger partial charge in [0.05, 0.1) is 12.1 Å². The molecule has 0 aliphatic carbocycles. The lowest BCUT2D eigenvalue weighted by Crippen LogP contribution is -2.23. The molecule has 0 aliphatic rings. The Morgan fingerprint density at radius 3 is 2.88 bits per heavy atom. The number of amides is 1. The van der Waals surface area contributed by atoms with Crippen molar-refractivity contribution in [3.8, 4) is 0 Å². The second-order valence-corrected chi connectivity index (χ2v) is 5.65. The van der Waals surface area contributed by atoms with E-state index in [4.69, 9.17) is 0 Å². The van der Waals surface area contributed by atoms with E-state index in [1.165, 1.54) is 0 Å². The average molecular weight is 358 g/mol. The topological polar surface area (TPSA) is 42.0 Å². The van der Waals surface area contributed by atoms with E-state index in [1.807, 2.05) is 36.6 Å². The lowest BCUT2D eigenvalue weighted by molar-refractivity contribution is 0.0950. The van der Waals surface area contributed by atoms with Gasteiger partial charge in [-0.15, -0.1) is 11.3 Å². The van der Waals surface area contributed by atoms with Crippen molar-refractivity contribution in [1.29, 1.82) is 0 Å². The van der Waals surface area contributed by atoms with Gasteiger partial charge in [0.15, 0.2) is 0 Å². The standard InChI is InChI=1S/C12H11IN2OS/c1-8-7-17-11(15-8)6-14-12(16)9-4-2-3-5-10(9)13/h2-5,7H,6H2,1H3,(H,14,16). The van der Waals surface area contributed by atoms with Crippen molar-refractivity contribution in [1.82, 2.24) is 10.3 Å². The van der Waals surface area contributed by atoms with E-state index >= 15 is 0 Å². The molecule has 5 heteroatoms. The predicted octanol–water partition coefficient (Wildman–Crippen LogP) is 2.99. The number of nitrogens with zero attached hydrogens (tertiary/aromatic N) is 1. The zero-order chi connectivity index (χ0) is 12.3. The Balaban J connectivity index is 2.01. The van der Waals surface area contributed by atoms with Crippen LogP contribution in [0.15, 0.2) is 29.6 Å². The molecule has 0 saturated carbocycles. The molecule has 0 fully saturated rings. The van der Waals surface area contributed by atoms with E-state index in [1.54, 1.807) is 11.3 Å². The molecule has 1 amide bonds. The van der Waals surface area contributed by atoms with Gasteiger partial charge >= 0.3 is 0 Å². The second-order valence-electron chi connectivity index (χ2n) is 3.55. The molecule has 88 valence electrons. The molecule has 3 nitrogen and oxygen atoms in total. The van der Waals surface area contributed by atoms with Gasteiger partial charge in [-0.25, -0.2) is 4.98 Å². The number of thiazole rings is 1. The largest absolute Gasteiger partial charge is 0.345 e. The number of nitrogens with one attached hydrogen (secondary N) is 1. The van der Waals surface area contributed by atoms with Crippen molar-refractivity contribution in [2.24, 2.45) is 0 Å². The first-order valence-electron chi connectivity index (χ1n) is 5.10. The van der Waals surface area contributed by atoms with Crippen molar-refractivity contribution in [3.63, 3.8) is 0 Å². The van der Waals surface area contributed by atoms with Crippen LogP contribution in [0.5, 0.6) is 0 Å². The van der Waals surface area contributed by atoms with Gasteiger partial charge in [0.1, 0.15) is 5.01 Å². The summed E-state index contributed by atoms with van der Waals surface area (Å²) in [6.45, 7) is 2.43. The summed E-state index contributed by atoms with van der Waals surface area (Å²) in [5, 5.41) is 5.79. The average Bonchev–Trinajstić information content (AvgIpc) is 2.73. The van der Waals surface area contributed by atoms with Gasteiger partial charge in [-0.3, -0.25) is 4.79 Å². The van der Waals surface area contributed by atoms with Crippen LogP contribution in [0.25, 0.3) is 0 Å². The Bertz CT molecular complexity index is 539. The van der Waals surface area contributed by atoms with Crippen LogP contribution < -0.4 is 5.32 Å². The van der Waals surface area contributed by atoms with E-state index in [0.717, 1.165) is 14.3 Å². The summed E-state index contributed by atoms with van der Waals surface area (Å²) >= 11 is 3.72. The number of benzene rings is 1. The second kappa shape index (κ2) is 5.59. The van der Waals surface area contributed by atoms with Crippen molar-refractivity contribution in [2.75, 3.05) is 0 Å². The summed E-state index contributed by atoms with van der Waals surface area (Å²) in [4.78, 5) is 16.2. The summed E-state index contributed by atoms with van der Waals surface area (Å²) in [7, 11) is 0. The van der Waals surface area contributed by atoms with E-state index in [0.29, 0.717) is 12.1 Å². The fourth-order valence-corrected chi connectivity index (χ4v) is 2.72.